The molecule has 8 nitrogen and oxygen atoms in total. The van der Waals surface area contributed by atoms with Gasteiger partial charge in [0.1, 0.15) is 0 Å². The minimum atomic E-state index is -3.80. The molecule has 0 unspecified atom stereocenters. The van der Waals surface area contributed by atoms with Crippen molar-refractivity contribution in [1.29, 1.82) is 0 Å². The van der Waals surface area contributed by atoms with Crippen molar-refractivity contribution in [2.75, 3.05) is 36.4 Å². The Hall–Kier alpha value is -2.53. The molecule has 1 aliphatic heterocycles. The molecule has 0 spiro atoms. The fraction of sp³-hybridized carbons (Fsp3) is 0.286. The van der Waals surface area contributed by atoms with Gasteiger partial charge < -0.3 is 4.90 Å². The van der Waals surface area contributed by atoms with E-state index in [1.165, 1.54) is 4.31 Å². The van der Waals surface area contributed by atoms with Gasteiger partial charge in [-0.15, -0.1) is 10.2 Å². The third-order valence-electron chi connectivity index (χ3n) is 5.22. The summed E-state index contributed by atoms with van der Waals surface area (Å²) in [7, 11) is -3.80. The summed E-state index contributed by atoms with van der Waals surface area (Å²) in [6.07, 6.45) is 0. The number of piperazine rings is 1. The lowest BCUT2D eigenvalue weighted by molar-refractivity contribution is 0.102. The predicted octanol–water partition coefficient (Wildman–Crippen LogP) is 3.57. The Bertz CT molecular complexity index is 1250. The minimum absolute atomic E-state index is 0.135. The number of anilines is 2. The van der Waals surface area contributed by atoms with E-state index in [4.69, 9.17) is 11.6 Å². The Morgan fingerprint density at radius 3 is 2.53 bits per heavy atom. The Kier molecular flexibility index (Phi) is 6.47. The van der Waals surface area contributed by atoms with Crippen LogP contribution < -0.4 is 10.2 Å². The van der Waals surface area contributed by atoms with Gasteiger partial charge in [0, 0.05) is 42.5 Å². The second-order valence-electron chi connectivity index (χ2n) is 7.52. The van der Waals surface area contributed by atoms with Crippen LogP contribution in [0.1, 0.15) is 21.5 Å². The van der Waals surface area contributed by atoms with Gasteiger partial charge in [-0.3, -0.25) is 10.1 Å². The van der Waals surface area contributed by atoms with Gasteiger partial charge in [-0.1, -0.05) is 46.7 Å². The molecule has 2 heterocycles. The van der Waals surface area contributed by atoms with Crippen LogP contribution in [0.4, 0.5) is 10.8 Å². The normalized spacial score (nSPS) is 15.0. The molecule has 1 saturated heterocycles. The summed E-state index contributed by atoms with van der Waals surface area (Å²) in [5.74, 6) is -0.362. The molecule has 4 rings (SSSR count). The maximum absolute atomic E-state index is 13.0. The van der Waals surface area contributed by atoms with Crippen molar-refractivity contribution in [2.24, 2.45) is 0 Å². The van der Waals surface area contributed by atoms with Gasteiger partial charge in [-0.2, -0.15) is 4.31 Å². The van der Waals surface area contributed by atoms with Gasteiger partial charge >= 0.3 is 0 Å². The lowest BCUT2D eigenvalue weighted by Gasteiger charge is -2.35. The quantitative estimate of drug-likeness (QED) is 0.548. The number of sulfonamides is 1. The number of rotatable bonds is 5. The number of nitrogens with zero attached hydrogens (tertiary/aromatic N) is 4. The number of hydrogen-bond donors (Lipinski definition) is 1. The maximum Gasteiger partial charge on any atom is 0.272 e. The minimum Gasteiger partial charge on any atom is -0.369 e. The molecule has 0 atom stereocenters. The standard InChI is InChI=1S/C21H22ClN5O3S2/c1-14-4-3-5-16(12-14)19(28)23-20-24-25-21(31-20)32(29,30)27-10-8-26(9-11-27)18-13-17(22)7-6-15(18)2/h3-7,12-13H,8-11H2,1-2H3,(H,23,24,28). The van der Waals surface area contributed by atoms with Crippen molar-refractivity contribution in [1.82, 2.24) is 14.5 Å². The molecule has 0 bridgehead atoms. The molecule has 2 aromatic carbocycles. The monoisotopic (exact) mass is 491 g/mol. The lowest BCUT2D eigenvalue weighted by atomic mass is 10.1. The van der Waals surface area contributed by atoms with Gasteiger partial charge in [0.15, 0.2) is 0 Å². The molecule has 0 aliphatic carbocycles. The van der Waals surface area contributed by atoms with Crippen molar-refractivity contribution in [3.63, 3.8) is 0 Å². The van der Waals surface area contributed by atoms with E-state index < -0.39 is 10.0 Å². The van der Waals surface area contributed by atoms with Crippen LogP contribution in [0, 0.1) is 13.8 Å². The number of carbonyl (C=O) groups excluding carboxylic acids is 1. The maximum atomic E-state index is 13.0. The number of benzene rings is 2. The topological polar surface area (TPSA) is 95.5 Å². The highest BCUT2D eigenvalue weighted by atomic mass is 35.5. The first-order valence-electron chi connectivity index (χ1n) is 9.97. The molecule has 1 aromatic heterocycles. The highest BCUT2D eigenvalue weighted by Crippen LogP contribution is 2.28. The third-order valence-corrected chi connectivity index (χ3v) is 8.54. The summed E-state index contributed by atoms with van der Waals surface area (Å²) >= 11 is 6.97. The molecule has 1 N–H and O–H groups in total. The van der Waals surface area contributed by atoms with Gasteiger partial charge in [0.2, 0.25) is 9.47 Å². The van der Waals surface area contributed by atoms with Crippen LogP contribution in [-0.2, 0) is 10.0 Å². The zero-order chi connectivity index (χ0) is 22.9. The highest BCUT2D eigenvalue weighted by molar-refractivity contribution is 7.91. The SMILES string of the molecule is Cc1cccc(C(=O)Nc2nnc(S(=O)(=O)N3CCN(c4cc(Cl)ccc4C)CC3)s2)c1. The van der Waals surface area contributed by atoms with Crippen LogP contribution in [0.25, 0.3) is 0 Å². The predicted molar refractivity (Wildman–Crippen MR) is 126 cm³/mol. The van der Waals surface area contributed by atoms with Crippen molar-refractivity contribution in [2.45, 2.75) is 18.2 Å². The number of carbonyl (C=O) groups is 1. The van der Waals surface area contributed by atoms with E-state index in [0.717, 1.165) is 28.2 Å². The third kappa shape index (κ3) is 4.78. The summed E-state index contributed by atoms with van der Waals surface area (Å²) < 4.78 is 27.4. The fourth-order valence-corrected chi connectivity index (χ4v) is 6.15. The zero-order valence-corrected chi connectivity index (χ0v) is 20.0. The van der Waals surface area contributed by atoms with Crippen molar-refractivity contribution < 1.29 is 13.2 Å². The summed E-state index contributed by atoms with van der Waals surface area (Å²) in [4.78, 5) is 14.5. The molecule has 0 saturated carbocycles. The van der Waals surface area contributed by atoms with Gasteiger partial charge in [-0.05, 0) is 43.7 Å². The molecular weight excluding hydrogens is 470 g/mol. The van der Waals surface area contributed by atoms with Crippen LogP contribution >= 0.6 is 22.9 Å². The van der Waals surface area contributed by atoms with E-state index in [1.54, 1.807) is 18.2 Å². The van der Waals surface area contributed by atoms with Crippen LogP contribution in [0.2, 0.25) is 5.02 Å². The first-order valence-corrected chi connectivity index (χ1v) is 12.6. The van der Waals surface area contributed by atoms with E-state index >= 15 is 0 Å². The van der Waals surface area contributed by atoms with E-state index in [2.05, 4.69) is 20.4 Å². The van der Waals surface area contributed by atoms with Crippen molar-refractivity contribution in [3.05, 3.63) is 64.2 Å². The molecule has 1 aliphatic rings. The fourth-order valence-electron chi connectivity index (χ4n) is 3.52. The summed E-state index contributed by atoms with van der Waals surface area (Å²) in [6.45, 7) is 5.60. The summed E-state index contributed by atoms with van der Waals surface area (Å²) in [5.41, 5.74) is 3.51. The average molecular weight is 492 g/mol. The lowest BCUT2D eigenvalue weighted by Crippen LogP contribution is -2.48. The summed E-state index contributed by atoms with van der Waals surface area (Å²) in [6, 6.07) is 12.8. The van der Waals surface area contributed by atoms with Crippen molar-refractivity contribution >= 4 is 49.7 Å². The molecule has 3 aromatic rings. The Morgan fingerprint density at radius 1 is 1.06 bits per heavy atom. The molecule has 1 amide bonds. The number of aromatic nitrogens is 2. The van der Waals surface area contributed by atoms with Crippen LogP contribution in [0.15, 0.2) is 46.8 Å². The molecule has 32 heavy (non-hydrogen) atoms. The molecule has 168 valence electrons. The molecule has 11 heteroatoms. The van der Waals surface area contributed by atoms with Gasteiger partial charge in [0.05, 0.1) is 0 Å². The smallest absolute Gasteiger partial charge is 0.272 e. The number of aryl methyl sites for hydroxylation is 2. The Balaban J connectivity index is 1.43. The number of hydrogen-bond acceptors (Lipinski definition) is 7. The number of halogens is 1. The zero-order valence-electron chi connectivity index (χ0n) is 17.6. The first-order chi connectivity index (χ1) is 15.2. The Morgan fingerprint density at radius 2 is 1.81 bits per heavy atom. The van der Waals surface area contributed by atoms with Gasteiger partial charge in [-0.25, -0.2) is 8.42 Å². The largest absolute Gasteiger partial charge is 0.369 e. The van der Waals surface area contributed by atoms with Crippen molar-refractivity contribution in [3.8, 4) is 0 Å². The first kappa shape index (κ1) is 22.7. The average Bonchev–Trinajstić information content (AvgIpc) is 3.25. The van der Waals surface area contributed by atoms with Crippen LogP contribution in [0.3, 0.4) is 0 Å². The van der Waals surface area contributed by atoms with Crippen LogP contribution in [0.5, 0.6) is 0 Å². The molecule has 0 radical (unpaired) electrons. The van der Waals surface area contributed by atoms with E-state index in [1.807, 2.05) is 38.1 Å². The van der Waals surface area contributed by atoms with E-state index in [0.29, 0.717) is 36.8 Å². The van der Waals surface area contributed by atoms with E-state index in [-0.39, 0.29) is 15.4 Å². The van der Waals surface area contributed by atoms with Gasteiger partial charge in [0.25, 0.3) is 15.9 Å². The highest BCUT2D eigenvalue weighted by Gasteiger charge is 2.32. The molecule has 1 fully saturated rings. The second-order valence-corrected chi connectivity index (χ2v) is 11.0. The van der Waals surface area contributed by atoms with Crippen LogP contribution in [-0.4, -0.2) is 55.0 Å². The molecular formula is C21H22ClN5O3S2. The number of nitrogens with one attached hydrogen (secondary N) is 1. The summed E-state index contributed by atoms with van der Waals surface area (Å²) in [5, 5.41) is 11.1. The Labute approximate surface area is 195 Å². The number of amides is 1. The second kappa shape index (κ2) is 9.14. The van der Waals surface area contributed by atoms with E-state index in [9.17, 15) is 13.2 Å².